The van der Waals surface area contributed by atoms with Crippen LogP contribution in [0.2, 0.25) is 0 Å². The van der Waals surface area contributed by atoms with Crippen LogP contribution in [0.3, 0.4) is 0 Å². The number of fused-ring (bicyclic) bond motifs is 6. The van der Waals surface area contributed by atoms with Gasteiger partial charge in [0.05, 0.1) is 0 Å². The van der Waals surface area contributed by atoms with E-state index in [-0.39, 0.29) is 6.17 Å². The molecule has 10 rings (SSSR count). The Balaban J connectivity index is 1.11. The molecule has 240 valence electrons. The first-order valence-electron chi connectivity index (χ1n) is 17.3. The van der Waals surface area contributed by atoms with Crippen LogP contribution in [0, 0.1) is 0 Å². The SMILES string of the molecule is c1ccc(C2=NC(c3cccc4oc5cc(-c6ccc(-c7ccccc7)cc6)ccc5c34)=NC(c3cc4ccccc4c4ccccc34)N2)cc1. The molecular weight excluding hydrogens is 623 g/mol. The molecule has 1 unspecified atom stereocenters. The normalized spacial score (nSPS) is 14.5. The number of nitrogens with one attached hydrogen (secondary N) is 1. The summed E-state index contributed by atoms with van der Waals surface area (Å²) in [6, 6.07) is 61.6. The van der Waals surface area contributed by atoms with Crippen LogP contribution in [0.4, 0.5) is 0 Å². The molecule has 1 aliphatic heterocycles. The summed E-state index contributed by atoms with van der Waals surface area (Å²) in [5.74, 6) is 1.46. The molecule has 0 amide bonds. The quantitative estimate of drug-likeness (QED) is 0.188. The number of nitrogens with zero attached hydrogens (tertiary/aromatic N) is 2. The average molecular weight is 654 g/mol. The molecule has 51 heavy (non-hydrogen) atoms. The van der Waals surface area contributed by atoms with E-state index >= 15 is 0 Å². The van der Waals surface area contributed by atoms with Crippen molar-refractivity contribution in [2.45, 2.75) is 6.17 Å². The molecule has 0 radical (unpaired) electrons. The summed E-state index contributed by atoms with van der Waals surface area (Å²) in [6.07, 6.45) is -0.360. The van der Waals surface area contributed by atoms with E-state index in [4.69, 9.17) is 14.4 Å². The Bertz CT molecular complexity index is 2820. The van der Waals surface area contributed by atoms with Gasteiger partial charge in [-0.25, -0.2) is 9.98 Å². The third-order valence-corrected chi connectivity index (χ3v) is 9.95. The van der Waals surface area contributed by atoms with Crippen LogP contribution in [-0.4, -0.2) is 11.7 Å². The largest absolute Gasteiger partial charge is 0.456 e. The van der Waals surface area contributed by atoms with Gasteiger partial charge in [0.15, 0.2) is 5.84 Å². The van der Waals surface area contributed by atoms with Gasteiger partial charge in [-0.05, 0) is 68.1 Å². The first-order valence-corrected chi connectivity index (χ1v) is 17.3. The number of benzene rings is 8. The molecule has 0 fully saturated rings. The highest BCUT2D eigenvalue weighted by molar-refractivity contribution is 6.22. The monoisotopic (exact) mass is 653 g/mol. The smallest absolute Gasteiger partial charge is 0.160 e. The molecular formula is C47H31N3O. The van der Waals surface area contributed by atoms with Gasteiger partial charge in [-0.3, -0.25) is 0 Å². The average Bonchev–Trinajstić information content (AvgIpc) is 3.59. The number of hydrogen-bond acceptors (Lipinski definition) is 4. The van der Waals surface area contributed by atoms with Crippen molar-refractivity contribution < 1.29 is 4.42 Å². The number of amidine groups is 2. The minimum Gasteiger partial charge on any atom is -0.456 e. The molecule has 0 spiro atoms. The fraction of sp³-hybridized carbons (Fsp3) is 0.0213. The Morgan fingerprint density at radius 2 is 1.08 bits per heavy atom. The van der Waals surface area contributed by atoms with E-state index in [1.54, 1.807) is 0 Å². The molecule has 9 aromatic rings. The summed E-state index contributed by atoms with van der Waals surface area (Å²) >= 11 is 0. The van der Waals surface area contributed by atoms with Crippen molar-refractivity contribution in [1.29, 1.82) is 0 Å². The van der Waals surface area contributed by atoms with Crippen molar-refractivity contribution in [3.05, 3.63) is 193 Å². The van der Waals surface area contributed by atoms with Gasteiger partial charge in [-0.2, -0.15) is 0 Å². The highest BCUT2D eigenvalue weighted by Gasteiger charge is 2.25. The van der Waals surface area contributed by atoms with Gasteiger partial charge in [0.25, 0.3) is 0 Å². The van der Waals surface area contributed by atoms with Crippen LogP contribution in [-0.2, 0) is 0 Å². The van der Waals surface area contributed by atoms with Gasteiger partial charge < -0.3 is 9.73 Å². The number of aliphatic imine (C=N–C) groups is 2. The maximum Gasteiger partial charge on any atom is 0.160 e. The zero-order chi connectivity index (χ0) is 33.7. The Morgan fingerprint density at radius 1 is 0.451 bits per heavy atom. The van der Waals surface area contributed by atoms with E-state index in [1.165, 1.54) is 32.7 Å². The highest BCUT2D eigenvalue weighted by Crippen LogP contribution is 2.38. The lowest BCUT2D eigenvalue weighted by Crippen LogP contribution is -2.33. The van der Waals surface area contributed by atoms with Crippen molar-refractivity contribution in [3.63, 3.8) is 0 Å². The lowest BCUT2D eigenvalue weighted by molar-refractivity contribution is 0.668. The molecule has 4 heteroatoms. The summed E-state index contributed by atoms with van der Waals surface area (Å²) in [5, 5.41) is 10.5. The van der Waals surface area contributed by atoms with Crippen molar-refractivity contribution in [2.75, 3.05) is 0 Å². The van der Waals surface area contributed by atoms with Crippen LogP contribution < -0.4 is 5.32 Å². The molecule has 0 saturated carbocycles. The molecule has 1 aliphatic rings. The minimum atomic E-state index is -0.360. The van der Waals surface area contributed by atoms with Crippen LogP contribution in [0.5, 0.6) is 0 Å². The summed E-state index contributed by atoms with van der Waals surface area (Å²) in [5.41, 5.74) is 9.35. The standard InChI is InChI=1S/C47H31N3O/c1-3-12-30(13-4-1)31-22-24-32(25-23-31)34-26-27-39-43(29-34)51-42-21-11-20-40(44(39)42)46-48-45(33-14-5-2-6-15-33)49-47(50-46)41-28-35-16-7-8-17-36(35)37-18-9-10-19-38(37)41/h1-29,47H,(H,48,49,50). The Morgan fingerprint density at radius 3 is 1.86 bits per heavy atom. The van der Waals surface area contributed by atoms with E-state index < -0.39 is 0 Å². The topological polar surface area (TPSA) is 49.9 Å². The lowest BCUT2D eigenvalue weighted by Gasteiger charge is -2.25. The Hall–Kier alpha value is -6.78. The second kappa shape index (κ2) is 12.0. The number of rotatable bonds is 5. The van der Waals surface area contributed by atoms with E-state index in [1.807, 2.05) is 36.4 Å². The van der Waals surface area contributed by atoms with Gasteiger partial charge in [0, 0.05) is 27.5 Å². The molecule has 1 atom stereocenters. The molecule has 1 aromatic heterocycles. The van der Waals surface area contributed by atoms with Crippen LogP contribution in [0.1, 0.15) is 22.9 Å². The van der Waals surface area contributed by atoms with Crippen molar-refractivity contribution in [1.82, 2.24) is 5.32 Å². The van der Waals surface area contributed by atoms with Gasteiger partial charge in [-0.15, -0.1) is 0 Å². The second-order valence-electron chi connectivity index (χ2n) is 13.0. The second-order valence-corrected chi connectivity index (χ2v) is 13.0. The zero-order valence-electron chi connectivity index (χ0n) is 27.6. The molecule has 0 saturated heterocycles. The van der Waals surface area contributed by atoms with Gasteiger partial charge in [-0.1, -0.05) is 152 Å². The number of furan rings is 1. The van der Waals surface area contributed by atoms with Crippen LogP contribution in [0.25, 0.3) is 65.7 Å². The van der Waals surface area contributed by atoms with Gasteiger partial charge >= 0.3 is 0 Å². The summed E-state index contributed by atoms with van der Waals surface area (Å²) in [4.78, 5) is 10.6. The van der Waals surface area contributed by atoms with Gasteiger partial charge in [0.1, 0.15) is 23.2 Å². The molecule has 4 nitrogen and oxygen atoms in total. The van der Waals surface area contributed by atoms with E-state index in [9.17, 15) is 0 Å². The Labute approximate surface area is 295 Å². The lowest BCUT2D eigenvalue weighted by atomic mass is 9.95. The van der Waals surface area contributed by atoms with Crippen LogP contribution >= 0.6 is 0 Å². The van der Waals surface area contributed by atoms with E-state index in [2.05, 4.69) is 145 Å². The highest BCUT2D eigenvalue weighted by atomic mass is 16.3. The maximum absolute atomic E-state index is 6.55. The number of hydrogen-bond donors (Lipinski definition) is 1. The molecule has 8 aromatic carbocycles. The summed E-state index contributed by atoms with van der Waals surface area (Å²) < 4.78 is 6.55. The summed E-state index contributed by atoms with van der Waals surface area (Å²) in [6.45, 7) is 0. The molecule has 0 bridgehead atoms. The third-order valence-electron chi connectivity index (χ3n) is 9.95. The molecule has 0 aliphatic carbocycles. The fourth-order valence-electron chi connectivity index (χ4n) is 7.46. The van der Waals surface area contributed by atoms with Crippen molar-refractivity contribution >= 4 is 55.2 Å². The van der Waals surface area contributed by atoms with Crippen molar-refractivity contribution in [3.8, 4) is 22.3 Å². The predicted molar refractivity (Wildman–Crippen MR) is 211 cm³/mol. The Kier molecular flexibility index (Phi) is 6.85. The van der Waals surface area contributed by atoms with Crippen LogP contribution in [0.15, 0.2) is 190 Å². The molecule has 1 N–H and O–H groups in total. The van der Waals surface area contributed by atoms with E-state index in [0.717, 1.165) is 55.6 Å². The van der Waals surface area contributed by atoms with Crippen molar-refractivity contribution in [2.24, 2.45) is 9.98 Å². The third kappa shape index (κ3) is 5.08. The fourth-order valence-corrected chi connectivity index (χ4v) is 7.46. The first kappa shape index (κ1) is 29.2. The zero-order valence-corrected chi connectivity index (χ0v) is 27.6. The summed E-state index contributed by atoms with van der Waals surface area (Å²) in [7, 11) is 0. The molecule has 2 heterocycles. The maximum atomic E-state index is 6.55. The first-order chi connectivity index (χ1) is 25.3. The van der Waals surface area contributed by atoms with E-state index in [0.29, 0.717) is 5.84 Å². The predicted octanol–water partition coefficient (Wildman–Crippen LogP) is 11.7. The minimum absolute atomic E-state index is 0.360. The van der Waals surface area contributed by atoms with Gasteiger partial charge in [0.2, 0.25) is 0 Å².